The largest absolute Gasteiger partial charge is 0.496 e. The van der Waals surface area contributed by atoms with Gasteiger partial charge in [0.05, 0.1) is 46.2 Å². The fraction of sp³-hybridized carbons (Fsp3) is 0.214. The lowest BCUT2D eigenvalue weighted by molar-refractivity contribution is -0.139. The van der Waals surface area contributed by atoms with Crippen LogP contribution in [0.1, 0.15) is 5.56 Å². The predicted molar refractivity (Wildman–Crippen MR) is 143 cm³/mol. The van der Waals surface area contributed by atoms with Gasteiger partial charge in [0.2, 0.25) is 5.75 Å². The molecule has 0 aliphatic heterocycles. The molecule has 4 rings (SSSR count). The maximum atomic E-state index is 11.3. The molecule has 0 spiro atoms. The van der Waals surface area contributed by atoms with Crippen molar-refractivity contribution in [3.05, 3.63) is 71.2 Å². The van der Waals surface area contributed by atoms with Crippen molar-refractivity contribution in [1.82, 2.24) is 9.78 Å². The van der Waals surface area contributed by atoms with Gasteiger partial charge in [0.1, 0.15) is 17.2 Å². The van der Waals surface area contributed by atoms with Crippen molar-refractivity contribution in [2.45, 2.75) is 6.54 Å². The van der Waals surface area contributed by atoms with E-state index in [1.54, 1.807) is 25.3 Å². The molecule has 3 aromatic carbocycles. The van der Waals surface area contributed by atoms with Gasteiger partial charge in [-0.05, 0) is 29.8 Å². The Morgan fingerprint density at radius 2 is 1.55 bits per heavy atom. The lowest BCUT2D eigenvalue weighted by Crippen LogP contribution is -2.11. The minimum atomic E-state index is -1.13. The van der Waals surface area contributed by atoms with Gasteiger partial charge < -0.3 is 28.8 Å². The van der Waals surface area contributed by atoms with Crippen LogP contribution >= 0.6 is 11.6 Å². The first kappa shape index (κ1) is 26.7. The first-order valence-electron chi connectivity index (χ1n) is 11.5. The van der Waals surface area contributed by atoms with Gasteiger partial charge in [0.15, 0.2) is 18.1 Å². The normalized spacial score (nSPS) is 10.7. The van der Waals surface area contributed by atoms with E-state index in [1.165, 1.54) is 21.3 Å². The van der Waals surface area contributed by atoms with Crippen LogP contribution in [-0.2, 0) is 11.3 Å². The van der Waals surface area contributed by atoms with E-state index in [0.717, 1.165) is 22.6 Å². The monoisotopic (exact) mass is 538 g/mol. The standard InChI is InChI=1S/C28H27ClN2O7/c1-34-22-8-6-5-7-18(22)15-31-21(17-9-11-19(29)12-10-17)13-20(30-31)26-23(38-16-25(32)33)14-24(35-2)27(36-3)28(26)37-4/h5-14H,15-16H2,1-4H3,(H,32,33). The van der Waals surface area contributed by atoms with Gasteiger partial charge in [-0.1, -0.05) is 41.9 Å². The SMILES string of the molecule is COc1ccccc1Cn1nc(-c2c(OCC(=O)O)cc(OC)c(OC)c2OC)cc1-c1ccc(Cl)cc1. The van der Waals surface area contributed by atoms with E-state index in [2.05, 4.69) is 0 Å². The second kappa shape index (κ2) is 11.8. The fourth-order valence-electron chi connectivity index (χ4n) is 4.14. The smallest absolute Gasteiger partial charge is 0.341 e. The maximum Gasteiger partial charge on any atom is 0.341 e. The van der Waals surface area contributed by atoms with Crippen LogP contribution in [0.3, 0.4) is 0 Å². The molecule has 0 amide bonds. The van der Waals surface area contributed by atoms with Crippen molar-refractivity contribution in [2.24, 2.45) is 0 Å². The number of nitrogens with zero attached hydrogens (tertiary/aromatic N) is 2. The van der Waals surface area contributed by atoms with Crippen molar-refractivity contribution in [1.29, 1.82) is 0 Å². The molecular weight excluding hydrogens is 512 g/mol. The number of methoxy groups -OCH3 is 4. The molecular formula is C28H27ClN2O7. The second-order valence-corrected chi connectivity index (χ2v) is 8.53. The van der Waals surface area contributed by atoms with Crippen LogP contribution in [0.15, 0.2) is 60.7 Å². The Labute approximate surface area is 225 Å². The highest BCUT2D eigenvalue weighted by molar-refractivity contribution is 6.30. The summed E-state index contributed by atoms with van der Waals surface area (Å²) in [6.45, 7) is -0.180. The third-order valence-electron chi connectivity index (χ3n) is 5.83. The summed E-state index contributed by atoms with van der Waals surface area (Å²) in [5.41, 5.74) is 3.46. The van der Waals surface area contributed by atoms with Crippen molar-refractivity contribution < 1.29 is 33.6 Å². The number of aromatic nitrogens is 2. The first-order chi connectivity index (χ1) is 18.4. The summed E-state index contributed by atoms with van der Waals surface area (Å²) in [4.78, 5) is 11.3. The summed E-state index contributed by atoms with van der Waals surface area (Å²) in [6.07, 6.45) is 0. The number of carboxylic acids is 1. The zero-order valence-corrected chi connectivity index (χ0v) is 22.1. The second-order valence-electron chi connectivity index (χ2n) is 8.09. The van der Waals surface area contributed by atoms with Crippen molar-refractivity contribution in [2.75, 3.05) is 35.0 Å². The Morgan fingerprint density at radius 3 is 2.18 bits per heavy atom. The van der Waals surface area contributed by atoms with E-state index in [9.17, 15) is 9.90 Å². The van der Waals surface area contributed by atoms with E-state index in [-0.39, 0.29) is 11.5 Å². The van der Waals surface area contributed by atoms with Gasteiger partial charge >= 0.3 is 5.97 Å². The Kier molecular flexibility index (Phi) is 8.28. The number of hydrogen-bond donors (Lipinski definition) is 1. The average molecular weight is 539 g/mol. The van der Waals surface area contributed by atoms with Crippen LogP contribution in [0.2, 0.25) is 5.02 Å². The van der Waals surface area contributed by atoms with Gasteiger partial charge in [0.25, 0.3) is 0 Å². The molecule has 4 aromatic rings. The van der Waals surface area contributed by atoms with Crippen molar-refractivity contribution in [3.63, 3.8) is 0 Å². The van der Waals surface area contributed by atoms with Crippen LogP contribution in [-0.4, -0.2) is 55.9 Å². The number of ether oxygens (including phenoxy) is 5. The number of hydrogen-bond acceptors (Lipinski definition) is 7. The van der Waals surface area contributed by atoms with E-state index >= 15 is 0 Å². The number of aliphatic carboxylic acids is 1. The summed E-state index contributed by atoms with van der Waals surface area (Å²) in [7, 11) is 6.06. The highest BCUT2D eigenvalue weighted by atomic mass is 35.5. The molecule has 0 fully saturated rings. The van der Waals surface area contributed by atoms with E-state index in [4.69, 9.17) is 40.4 Å². The average Bonchev–Trinajstić information content (AvgIpc) is 3.34. The number of benzene rings is 3. The number of halogens is 1. The Morgan fingerprint density at radius 1 is 0.868 bits per heavy atom. The minimum absolute atomic E-state index is 0.214. The lowest BCUT2D eigenvalue weighted by Gasteiger charge is -2.18. The van der Waals surface area contributed by atoms with Gasteiger partial charge in [-0.15, -0.1) is 0 Å². The van der Waals surface area contributed by atoms with E-state index < -0.39 is 12.6 Å². The van der Waals surface area contributed by atoms with E-state index in [1.807, 2.05) is 47.1 Å². The van der Waals surface area contributed by atoms with Gasteiger partial charge in [-0.25, -0.2) is 4.79 Å². The Balaban J connectivity index is 1.95. The molecule has 0 bridgehead atoms. The molecule has 9 nitrogen and oxygen atoms in total. The van der Waals surface area contributed by atoms with E-state index in [0.29, 0.717) is 34.3 Å². The lowest BCUT2D eigenvalue weighted by atomic mass is 10.1. The zero-order valence-electron chi connectivity index (χ0n) is 21.4. The molecule has 198 valence electrons. The summed E-state index contributed by atoms with van der Waals surface area (Å²) < 4.78 is 29.8. The highest BCUT2D eigenvalue weighted by Crippen LogP contribution is 2.50. The number of carboxylic acid groups (broad SMARTS) is 1. The topological polar surface area (TPSA) is 101 Å². The molecule has 1 heterocycles. The van der Waals surface area contributed by atoms with Crippen molar-refractivity contribution >= 4 is 17.6 Å². The third kappa shape index (κ3) is 5.47. The molecule has 1 aromatic heterocycles. The first-order valence-corrected chi connectivity index (χ1v) is 11.9. The molecule has 0 saturated carbocycles. The van der Waals surface area contributed by atoms with Crippen molar-refractivity contribution in [3.8, 4) is 51.3 Å². The highest BCUT2D eigenvalue weighted by Gasteiger charge is 2.26. The molecule has 1 N–H and O–H groups in total. The molecule has 0 aliphatic rings. The number of rotatable bonds is 11. The minimum Gasteiger partial charge on any atom is -0.496 e. The summed E-state index contributed by atoms with van der Waals surface area (Å²) in [5.74, 6) is 0.734. The molecule has 38 heavy (non-hydrogen) atoms. The molecule has 10 heteroatoms. The molecule has 0 saturated heterocycles. The van der Waals surface area contributed by atoms with Gasteiger partial charge in [0, 0.05) is 16.7 Å². The maximum absolute atomic E-state index is 11.3. The summed E-state index contributed by atoms with van der Waals surface area (Å²) >= 11 is 6.15. The molecule has 0 aliphatic carbocycles. The van der Waals surface area contributed by atoms with Crippen LogP contribution in [0, 0.1) is 0 Å². The molecule has 0 radical (unpaired) electrons. The van der Waals surface area contributed by atoms with Gasteiger partial charge in [-0.2, -0.15) is 5.10 Å². The van der Waals surface area contributed by atoms with Crippen LogP contribution in [0.5, 0.6) is 28.7 Å². The summed E-state index contributed by atoms with van der Waals surface area (Å²) in [6, 6.07) is 18.5. The zero-order chi connectivity index (χ0) is 27.2. The van der Waals surface area contributed by atoms with Crippen LogP contribution in [0.25, 0.3) is 22.5 Å². The van der Waals surface area contributed by atoms with Gasteiger partial charge in [-0.3, -0.25) is 4.68 Å². The third-order valence-corrected chi connectivity index (χ3v) is 6.09. The molecule has 0 unspecified atom stereocenters. The van der Waals surface area contributed by atoms with Crippen LogP contribution < -0.4 is 23.7 Å². The van der Waals surface area contributed by atoms with Crippen LogP contribution in [0.4, 0.5) is 0 Å². The fourth-order valence-corrected chi connectivity index (χ4v) is 4.26. The molecule has 0 atom stereocenters. The predicted octanol–water partition coefficient (Wildman–Crippen LogP) is 5.42. The Bertz CT molecular complexity index is 1430. The number of carbonyl (C=O) groups is 1. The Hall–Kier alpha value is -4.37. The number of para-hydroxylation sites is 1. The quantitative estimate of drug-likeness (QED) is 0.270. The summed E-state index contributed by atoms with van der Waals surface area (Å²) in [5, 5.41) is 14.8.